The van der Waals surface area contributed by atoms with Crippen molar-refractivity contribution in [2.75, 3.05) is 7.11 Å². The summed E-state index contributed by atoms with van der Waals surface area (Å²) in [6.45, 7) is 1.96. The van der Waals surface area contributed by atoms with Crippen LogP contribution in [0.1, 0.15) is 24.1 Å². The molecule has 2 aromatic carbocycles. The molecule has 0 saturated carbocycles. The molecule has 5 heteroatoms. The van der Waals surface area contributed by atoms with Crippen LogP contribution in [0.4, 0.5) is 4.39 Å². The predicted octanol–water partition coefficient (Wildman–Crippen LogP) is 4.09. The van der Waals surface area contributed by atoms with Gasteiger partial charge in [-0.2, -0.15) is 0 Å². The molecule has 0 saturated heterocycles. The Hall–Kier alpha value is -1.78. The first-order valence-corrected chi connectivity index (χ1v) is 6.89. The molecule has 0 amide bonds. The van der Waals surface area contributed by atoms with Gasteiger partial charge in [0.1, 0.15) is 12.4 Å². The van der Waals surface area contributed by atoms with Gasteiger partial charge in [-0.05, 0) is 42.8 Å². The van der Waals surface area contributed by atoms with E-state index in [0.29, 0.717) is 10.8 Å². The number of methoxy groups -OCH3 is 1. The molecular formula is C16H17ClFNO2. The summed E-state index contributed by atoms with van der Waals surface area (Å²) in [5.74, 6) is 0.374. The maximum Gasteiger partial charge on any atom is 0.165 e. The Kier molecular flexibility index (Phi) is 5.04. The molecule has 21 heavy (non-hydrogen) atoms. The van der Waals surface area contributed by atoms with Gasteiger partial charge in [0.2, 0.25) is 0 Å². The van der Waals surface area contributed by atoms with Crippen molar-refractivity contribution < 1.29 is 13.9 Å². The van der Waals surface area contributed by atoms with Gasteiger partial charge < -0.3 is 15.2 Å². The molecule has 2 N–H and O–H groups in total. The second-order valence-corrected chi connectivity index (χ2v) is 5.16. The van der Waals surface area contributed by atoms with E-state index in [0.717, 1.165) is 11.1 Å². The highest BCUT2D eigenvalue weighted by Crippen LogP contribution is 2.26. The highest BCUT2D eigenvalue weighted by molar-refractivity contribution is 6.30. The molecule has 1 atom stereocenters. The van der Waals surface area contributed by atoms with Crippen molar-refractivity contribution >= 4 is 11.6 Å². The Balaban J connectivity index is 2.15. The summed E-state index contributed by atoms with van der Waals surface area (Å²) >= 11 is 5.94. The molecule has 112 valence electrons. The van der Waals surface area contributed by atoms with E-state index < -0.39 is 5.82 Å². The molecule has 0 aromatic heterocycles. The number of rotatable bonds is 5. The van der Waals surface area contributed by atoms with Crippen LogP contribution in [-0.4, -0.2) is 7.11 Å². The van der Waals surface area contributed by atoms with E-state index in [-0.39, 0.29) is 18.4 Å². The fraction of sp³-hybridized carbons (Fsp3) is 0.250. The number of nitrogens with two attached hydrogens (primary N) is 1. The maximum absolute atomic E-state index is 13.9. The molecule has 0 radical (unpaired) electrons. The van der Waals surface area contributed by atoms with Crippen LogP contribution < -0.4 is 15.2 Å². The molecule has 2 aromatic rings. The minimum atomic E-state index is -0.439. The molecule has 0 heterocycles. The molecule has 0 bridgehead atoms. The minimum Gasteiger partial charge on any atom is -0.496 e. The van der Waals surface area contributed by atoms with Crippen molar-refractivity contribution in [3.8, 4) is 11.5 Å². The summed E-state index contributed by atoms with van der Waals surface area (Å²) in [5.41, 5.74) is 7.19. The summed E-state index contributed by atoms with van der Waals surface area (Å²) < 4.78 is 24.7. The van der Waals surface area contributed by atoms with Gasteiger partial charge >= 0.3 is 0 Å². The third kappa shape index (κ3) is 3.86. The lowest BCUT2D eigenvalue weighted by atomic mass is 10.1. The fourth-order valence-electron chi connectivity index (χ4n) is 1.93. The Morgan fingerprint density at radius 1 is 1.19 bits per heavy atom. The fourth-order valence-corrected chi connectivity index (χ4v) is 2.13. The number of halogens is 2. The topological polar surface area (TPSA) is 44.5 Å². The van der Waals surface area contributed by atoms with Crippen molar-refractivity contribution in [3.63, 3.8) is 0 Å². The average molecular weight is 310 g/mol. The molecule has 1 unspecified atom stereocenters. The lowest BCUT2D eigenvalue weighted by Gasteiger charge is -2.12. The van der Waals surface area contributed by atoms with Crippen LogP contribution in [0.5, 0.6) is 11.5 Å². The van der Waals surface area contributed by atoms with Crippen molar-refractivity contribution in [1.82, 2.24) is 0 Å². The summed E-state index contributed by atoms with van der Waals surface area (Å²) in [6, 6.07) is 9.69. The normalized spacial score (nSPS) is 12.0. The van der Waals surface area contributed by atoms with Crippen LogP contribution in [0.3, 0.4) is 0 Å². The van der Waals surface area contributed by atoms with Gasteiger partial charge in [-0.15, -0.1) is 0 Å². The first kappa shape index (κ1) is 15.6. The third-order valence-corrected chi connectivity index (χ3v) is 3.34. The smallest absolute Gasteiger partial charge is 0.165 e. The van der Waals surface area contributed by atoms with E-state index >= 15 is 0 Å². The Morgan fingerprint density at radius 3 is 2.52 bits per heavy atom. The van der Waals surface area contributed by atoms with Gasteiger partial charge in [0.05, 0.1) is 7.11 Å². The second kappa shape index (κ2) is 6.78. The molecule has 0 aliphatic heterocycles. The zero-order chi connectivity index (χ0) is 15.4. The standard InChI is InChI=1S/C16H17ClFNO2/c1-10(19)11-3-5-16(14(18)8-11)21-9-12-7-13(17)4-6-15(12)20-2/h3-8,10H,9,19H2,1-2H3. The van der Waals surface area contributed by atoms with Crippen LogP contribution in [0.25, 0.3) is 0 Å². The van der Waals surface area contributed by atoms with Gasteiger partial charge in [-0.3, -0.25) is 0 Å². The SMILES string of the molecule is COc1ccc(Cl)cc1COc1ccc(C(C)N)cc1F. The van der Waals surface area contributed by atoms with E-state index in [1.165, 1.54) is 6.07 Å². The molecule has 2 rings (SSSR count). The molecule has 0 aliphatic carbocycles. The van der Waals surface area contributed by atoms with Crippen molar-refractivity contribution in [2.24, 2.45) is 5.73 Å². The van der Waals surface area contributed by atoms with Crippen molar-refractivity contribution in [1.29, 1.82) is 0 Å². The van der Waals surface area contributed by atoms with Crippen LogP contribution in [0.2, 0.25) is 5.02 Å². The van der Waals surface area contributed by atoms with Gasteiger partial charge in [-0.25, -0.2) is 4.39 Å². The summed E-state index contributed by atoms with van der Waals surface area (Å²) in [6.07, 6.45) is 0. The van der Waals surface area contributed by atoms with E-state index in [1.54, 1.807) is 44.4 Å². The monoisotopic (exact) mass is 309 g/mol. The van der Waals surface area contributed by atoms with E-state index in [1.807, 2.05) is 0 Å². The van der Waals surface area contributed by atoms with Gasteiger partial charge in [0.25, 0.3) is 0 Å². The Labute approximate surface area is 128 Å². The summed E-state index contributed by atoms with van der Waals surface area (Å²) in [5, 5.41) is 0.571. The molecule has 0 fully saturated rings. The summed E-state index contributed by atoms with van der Waals surface area (Å²) in [4.78, 5) is 0. The number of hydrogen-bond acceptors (Lipinski definition) is 3. The first-order chi connectivity index (χ1) is 10.0. The number of ether oxygens (including phenoxy) is 2. The zero-order valence-electron chi connectivity index (χ0n) is 11.9. The highest BCUT2D eigenvalue weighted by Gasteiger charge is 2.10. The van der Waals surface area contributed by atoms with Crippen LogP contribution in [0.15, 0.2) is 36.4 Å². The van der Waals surface area contributed by atoms with E-state index in [2.05, 4.69) is 0 Å². The number of benzene rings is 2. The van der Waals surface area contributed by atoms with Gasteiger partial charge in [0, 0.05) is 16.6 Å². The number of hydrogen-bond donors (Lipinski definition) is 1. The Bertz CT molecular complexity index is 632. The predicted molar refractivity (Wildman–Crippen MR) is 81.3 cm³/mol. The second-order valence-electron chi connectivity index (χ2n) is 4.72. The lowest BCUT2D eigenvalue weighted by molar-refractivity contribution is 0.282. The molecule has 0 aliphatic rings. The van der Waals surface area contributed by atoms with Crippen molar-refractivity contribution in [2.45, 2.75) is 19.6 Å². The third-order valence-electron chi connectivity index (χ3n) is 3.11. The van der Waals surface area contributed by atoms with Crippen LogP contribution in [-0.2, 0) is 6.61 Å². The molecule has 0 spiro atoms. The zero-order valence-corrected chi connectivity index (χ0v) is 12.7. The highest BCUT2D eigenvalue weighted by atomic mass is 35.5. The molecular weight excluding hydrogens is 293 g/mol. The lowest BCUT2D eigenvalue weighted by Crippen LogP contribution is -2.06. The summed E-state index contributed by atoms with van der Waals surface area (Å²) in [7, 11) is 1.56. The van der Waals surface area contributed by atoms with Crippen LogP contribution in [0, 0.1) is 5.82 Å². The van der Waals surface area contributed by atoms with E-state index in [4.69, 9.17) is 26.8 Å². The average Bonchev–Trinajstić information content (AvgIpc) is 2.46. The molecule has 3 nitrogen and oxygen atoms in total. The largest absolute Gasteiger partial charge is 0.496 e. The van der Waals surface area contributed by atoms with Crippen LogP contribution >= 0.6 is 11.6 Å². The van der Waals surface area contributed by atoms with E-state index in [9.17, 15) is 4.39 Å². The van der Waals surface area contributed by atoms with Gasteiger partial charge in [0.15, 0.2) is 11.6 Å². The maximum atomic E-state index is 13.9. The quantitative estimate of drug-likeness (QED) is 0.905. The first-order valence-electron chi connectivity index (χ1n) is 6.51. The van der Waals surface area contributed by atoms with Gasteiger partial charge in [-0.1, -0.05) is 17.7 Å². The Morgan fingerprint density at radius 2 is 1.90 bits per heavy atom. The van der Waals surface area contributed by atoms with Crippen molar-refractivity contribution in [3.05, 3.63) is 58.4 Å². The minimum absolute atomic E-state index is 0.165.